The van der Waals surface area contributed by atoms with Crippen LogP contribution in [0.3, 0.4) is 0 Å². The van der Waals surface area contributed by atoms with E-state index in [0.29, 0.717) is 0 Å². The van der Waals surface area contributed by atoms with Gasteiger partial charge in [-0.25, -0.2) is 5.01 Å². The van der Waals surface area contributed by atoms with E-state index in [-0.39, 0.29) is 11.3 Å². The molecule has 2 rings (SSSR count). The Balaban J connectivity index is 2.17. The Kier molecular flexibility index (Phi) is 2.87. The minimum Gasteiger partial charge on any atom is -0.289 e. The lowest BCUT2D eigenvalue weighted by atomic mass is 10.0. The molecular weight excluding hydrogens is 276 g/mol. The number of carbonyl (C=O) groups excluding carboxylic acids is 1. The van der Waals surface area contributed by atoms with Crippen LogP contribution >= 0.6 is 27.3 Å². The lowest BCUT2D eigenvalue weighted by molar-refractivity contribution is -0.127. The van der Waals surface area contributed by atoms with E-state index < -0.39 is 0 Å². The van der Waals surface area contributed by atoms with Gasteiger partial charge in [0, 0.05) is 28.8 Å². The number of rotatable bonds is 3. The average Bonchev–Trinajstić information content (AvgIpc) is 2.84. The summed E-state index contributed by atoms with van der Waals surface area (Å²) in [6, 6.07) is 2.05. The van der Waals surface area contributed by atoms with E-state index in [1.54, 1.807) is 16.3 Å². The molecule has 1 N–H and O–H groups in total. The molecule has 1 saturated carbocycles. The van der Waals surface area contributed by atoms with Crippen molar-refractivity contribution < 1.29 is 4.79 Å². The monoisotopic (exact) mass is 288 g/mol. The van der Waals surface area contributed by atoms with Crippen molar-refractivity contribution in [3.8, 4) is 0 Å². The molecule has 0 aliphatic heterocycles. The maximum absolute atomic E-state index is 12.0. The number of halogens is 1. The molecule has 0 unspecified atom stereocenters. The van der Waals surface area contributed by atoms with E-state index in [9.17, 15) is 4.79 Å². The maximum atomic E-state index is 12.0. The number of amides is 1. The minimum absolute atomic E-state index is 0.113. The fraction of sp³-hybridized carbons (Fsp3) is 0.500. The van der Waals surface area contributed by atoms with Crippen molar-refractivity contribution in [1.29, 1.82) is 0 Å². The van der Waals surface area contributed by atoms with Crippen LogP contribution in [0.15, 0.2) is 15.9 Å². The van der Waals surface area contributed by atoms with E-state index >= 15 is 0 Å². The molecule has 1 aromatic heterocycles. The average molecular weight is 289 g/mol. The summed E-state index contributed by atoms with van der Waals surface area (Å²) in [6.07, 6.45) is 1.92. The predicted molar refractivity (Wildman–Crippen MR) is 64.8 cm³/mol. The highest BCUT2D eigenvalue weighted by molar-refractivity contribution is 9.10. The molecule has 3 nitrogen and oxygen atoms in total. The van der Waals surface area contributed by atoms with Crippen molar-refractivity contribution in [2.45, 2.75) is 18.3 Å². The van der Waals surface area contributed by atoms with Gasteiger partial charge in [-0.15, -0.1) is 11.3 Å². The molecule has 0 saturated heterocycles. The predicted octanol–water partition coefficient (Wildman–Crippen LogP) is 2.13. The zero-order valence-corrected chi connectivity index (χ0v) is 11.1. The molecule has 0 atom stereocenters. The van der Waals surface area contributed by atoms with Gasteiger partial charge in [0.1, 0.15) is 0 Å². The van der Waals surface area contributed by atoms with Gasteiger partial charge in [-0.2, -0.15) is 0 Å². The molecule has 1 aliphatic rings. The molecule has 1 fully saturated rings. The molecule has 0 aromatic carbocycles. The first-order valence-electron chi connectivity index (χ1n) is 4.77. The van der Waals surface area contributed by atoms with E-state index in [1.807, 2.05) is 25.5 Å². The van der Waals surface area contributed by atoms with Gasteiger partial charge >= 0.3 is 0 Å². The molecule has 0 radical (unpaired) electrons. The molecular formula is C10H13BrN2OS. The molecule has 1 amide bonds. The maximum Gasteiger partial charge on any atom is 0.245 e. The summed E-state index contributed by atoms with van der Waals surface area (Å²) in [5.74, 6) is 0.113. The third kappa shape index (κ3) is 2.09. The molecule has 0 bridgehead atoms. The number of nitrogens with zero attached hydrogens (tertiary/aromatic N) is 1. The topological polar surface area (TPSA) is 32.3 Å². The van der Waals surface area contributed by atoms with Crippen LogP contribution in [0.2, 0.25) is 0 Å². The molecule has 82 valence electrons. The molecule has 5 heteroatoms. The van der Waals surface area contributed by atoms with E-state index in [2.05, 4.69) is 21.4 Å². The van der Waals surface area contributed by atoms with Gasteiger partial charge in [0.05, 0.1) is 5.41 Å². The number of hydrogen-bond acceptors (Lipinski definition) is 3. The second kappa shape index (κ2) is 3.88. The summed E-state index contributed by atoms with van der Waals surface area (Å²) in [7, 11) is 3.66. The quantitative estimate of drug-likeness (QED) is 0.865. The Hall–Kier alpha value is -0.390. The highest BCUT2D eigenvalue weighted by atomic mass is 79.9. The van der Waals surface area contributed by atoms with Crippen LogP contribution in [0.4, 0.5) is 0 Å². The first-order valence-corrected chi connectivity index (χ1v) is 6.45. The van der Waals surface area contributed by atoms with Gasteiger partial charge in [0.15, 0.2) is 0 Å². The van der Waals surface area contributed by atoms with Crippen molar-refractivity contribution in [3.63, 3.8) is 0 Å². The molecule has 15 heavy (non-hydrogen) atoms. The number of hydrogen-bond donors (Lipinski definition) is 1. The standard InChI is InChI=1S/C10H13BrN2OS/c1-13(2)12-9(14)10(3-4-10)8-5-7(11)6-15-8/h5-6H,3-4H2,1-2H3,(H,12,14). The molecule has 0 spiro atoms. The Morgan fingerprint density at radius 2 is 2.27 bits per heavy atom. The van der Waals surface area contributed by atoms with E-state index in [4.69, 9.17) is 0 Å². The second-order valence-electron chi connectivity index (χ2n) is 4.05. The third-order valence-corrected chi connectivity index (χ3v) is 4.44. The van der Waals surface area contributed by atoms with Gasteiger partial charge in [-0.1, -0.05) is 0 Å². The summed E-state index contributed by atoms with van der Waals surface area (Å²) in [5, 5.41) is 3.73. The lowest BCUT2D eigenvalue weighted by Gasteiger charge is -2.17. The van der Waals surface area contributed by atoms with Gasteiger partial charge in [-0.3, -0.25) is 10.2 Å². The number of carbonyl (C=O) groups is 1. The normalized spacial score (nSPS) is 17.9. The smallest absolute Gasteiger partial charge is 0.245 e. The zero-order valence-electron chi connectivity index (χ0n) is 8.71. The van der Waals surface area contributed by atoms with Gasteiger partial charge in [0.2, 0.25) is 5.91 Å². The van der Waals surface area contributed by atoms with Gasteiger partial charge in [0.25, 0.3) is 0 Å². The fourth-order valence-electron chi connectivity index (χ4n) is 1.58. The van der Waals surface area contributed by atoms with Crippen LogP contribution in [0.5, 0.6) is 0 Å². The van der Waals surface area contributed by atoms with Crippen LogP contribution < -0.4 is 5.43 Å². The Morgan fingerprint density at radius 1 is 1.60 bits per heavy atom. The fourth-order valence-corrected chi connectivity index (χ4v) is 3.27. The molecule has 1 aromatic rings. The summed E-state index contributed by atoms with van der Waals surface area (Å²) in [4.78, 5) is 13.1. The highest BCUT2D eigenvalue weighted by Gasteiger charge is 2.52. The summed E-state index contributed by atoms with van der Waals surface area (Å²) < 4.78 is 1.06. The van der Waals surface area contributed by atoms with Crippen LogP contribution in [0, 0.1) is 0 Å². The van der Waals surface area contributed by atoms with Crippen LogP contribution in [0.25, 0.3) is 0 Å². The molecule has 1 aliphatic carbocycles. The van der Waals surface area contributed by atoms with E-state index in [1.165, 1.54) is 0 Å². The SMILES string of the molecule is CN(C)NC(=O)C1(c2cc(Br)cs2)CC1. The van der Waals surface area contributed by atoms with Gasteiger partial charge < -0.3 is 0 Å². The van der Waals surface area contributed by atoms with Crippen molar-refractivity contribution in [2.75, 3.05) is 14.1 Å². The van der Waals surface area contributed by atoms with Crippen LogP contribution in [-0.2, 0) is 10.2 Å². The Labute approximate surface area is 102 Å². The highest BCUT2D eigenvalue weighted by Crippen LogP contribution is 2.51. The number of thiophene rings is 1. The Morgan fingerprint density at radius 3 is 2.67 bits per heavy atom. The zero-order chi connectivity index (χ0) is 11.1. The van der Waals surface area contributed by atoms with Gasteiger partial charge in [-0.05, 0) is 34.8 Å². The third-order valence-electron chi connectivity index (χ3n) is 2.55. The largest absolute Gasteiger partial charge is 0.289 e. The van der Waals surface area contributed by atoms with Crippen LogP contribution in [0.1, 0.15) is 17.7 Å². The van der Waals surface area contributed by atoms with Crippen molar-refractivity contribution >= 4 is 33.2 Å². The Bertz CT molecular complexity index is 385. The van der Waals surface area contributed by atoms with Crippen molar-refractivity contribution in [2.24, 2.45) is 0 Å². The lowest BCUT2D eigenvalue weighted by Crippen LogP contribution is -2.42. The number of nitrogens with one attached hydrogen (secondary N) is 1. The summed E-state index contributed by atoms with van der Waals surface area (Å²) in [6.45, 7) is 0. The summed E-state index contributed by atoms with van der Waals surface area (Å²) >= 11 is 5.07. The number of hydrazine groups is 1. The first kappa shape index (κ1) is 11.1. The molecule has 1 heterocycles. The van der Waals surface area contributed by atoms with E-state index in [0.717, 1.165) is 22.2 Å². The van der Waals surface area contributed by atoms with Crippen molar-refractivity contribution in [3.05, 3.63) is 20.8 Å². The first-order chi connectivity index (χ1) is 7.04. The second-order valence-corrected chi connectivity index (χ2v) is 5.87. The summed E-state index contributed by atoms with van der Waals surface area (Å²) in [5.41, 5.74) is 2.59. The van der Waals surface area contributed by atoms with Crippen LogP contribution in [-0.4, -0.2) is 25.0 Å². The van der Waals surface area contributed by atoms with Crippen molar-refractivity contribution in [1.82, 2.24) is 10.4 Å². The minimum atomic E-state index is -0.249.